The molecule has 0 aliphatic rings. The number of amides is 1. The van der Waals surface area contributed by atoms with Crippen LogP contribution in [-0.2, 0) is 4.79 Å². The number of anilines is 1. The van der Waals surface area contributed by atoms with Crippen LogP contribution in [0.2, 0.25) is 0 Å². The minimum Gasteiger partial charge on any atom is -0.467 e. The number of carbonyl (C=O) groups is 2. The number of aliphatic hydroxyl groups is 1. The van der Waals surface area contributed by atoms with Crippen molar-refractivity contribution >= 4 is 24.3 Å². The van der Waals surface area contributed by atoms with Gasteiger partial charge in [0.15, 0.2) is 30.4 Å². The van der Waals surface area contributed by atoms with Crippen LogP contribution in [-0.4, -0.2) is 66.5 Å². The first kappa shape index (κ1) is 21.3. The molecular formula is C14H16F4N4O4. The molecule has 0 aliphatic carbocycles. The summed E-state index contributed by atoms with van der Waals surface area (Å²) in [7, 11) is 1.19. The summed E-state index contributed by atoms with van der Waals surface area (Å²) in [6.45, 7) is -0.630. The Hall–Kier alpha value is -2.76. The summed E-state index contributed by atoms with van der Waals surface area (Å²) < 4.78 is 55.4. The number of amidine groups is 1. The van der Waals surface area contributed by atoms with Gasteiger partial charge in [0.2, 0.25) is 12.3 Å². The second-order valence-corrected chi connectivity index (χ2v) is 4.80. The number of rotatable bonds is 8. The fraction of sp³-hybridized carbons (Fsp3) is 0.429. The molecule has 0 fully saturated rings. The lowest BCUT2D eigenvalue weighted by atomic mass is 10.3. The fourth-order valence-electron chi connectivity index (χ4n) is 1.77. The van der Waals surface area contributed by atoms with Crippen molar-refractivity contribution in [2.75, 3.05) is 31.8 Å². The summed E-state index contributed by atoms with van der Waals surface area (Å²) in [5.74, 6) is -2.52. The maximum atomic E-state index is 14.1. The zero-order chi connectivity index (χ0) is 19.9. The van der Waals surface area contributed by atoms with E-state index in [4.69, 9.17) is 0 Å². The summed E-state index contributed by atoms with van der Waals surface area (Å²) in [5, 5.41) is 13.9. The number of halogens is 4. The number of pyridine rings is 1. The number of likely N-dealkylation sites (N-methyl/N-ethyl adjacent to an activating group) is 1. The SMILES string of the molecule is CCN(C=O)/C(CO)=N\N(C)c1nc(OCC(F)(F)F)c(C=O)cc1F. The number of aliphatic hydroxyl groups excluding tert-OH is 1. The topological polar surface area (TPSA) is 95.3 Å². The van der Waals surface area contributed by atoms with Crippen LogP contribution in [0.25, 0.3) is 0 Å². The Morgan fingerprint density at radius 2 is 2.08 bits per heavy atom. The summed E-state index contributed by atoms with van der Waals surface area (Å²) in [6, 6.07) is 0.642. The molecule has 1 aromatic rings. The van der Waals surface area contributed by atoms with Gasteiger partial charge in [-0.2, -0.15) is 23.3 Å². The van der Waals surface area contributed by atoms with Gasteiger partial charge in [-0.05, 0) is 13.0 Å². The highest BCUT2D eigenvalue weighted by atomic mass is 19.4. The van der Waals surface area contributed by atoms with Crippen molar-refractivity contribution in [2.45, 2.75) is 13.1 Å². The molecule has 12 heteroatoms. The van der Waals surface area contributed by atoms with Gasteiger partial charge in [0.25, 0.3) is 0 Å². The van der Waals surface area contributed by atoms with Crippen LogP contribution in [0.5, 0.6) is 5.88 Å². The van der Waals surface area contributed by atoms with Crippen molar-refractivity contribution in [1.29, 1.82) is 0 Å². The lowest BCUT2D eigenvalue weighted by molar-refractivity contribution is -0.154. The Bertz CT molecular complexity index is 682. The normalized spacial score (nSPS) is 11.9. The number of aldehydes is 1. The molecule has 1 aromatic heterocycles. The molecule has 1 rings (SSSR count). The number of hydrogen-bond acceptors (Lipinski definition) is 7. The van der Waals surface area contributed by atoms with Gasteiger partial charge in [0, 0.05) is 13.6 Å². The minimum atomic E-state index is -4.68. The molecule has 0 aromatic carbocycles. The first-order valence-corrected chi connectivity index (χ1v) is 7.16. The smallest absolute Gasteiger partial charge is 0.422 e. The van der Waals surface area contributed by atoms with E-state index in [1.807, 2.05) is 0 Å². The highest BCUT2D eigenvalue weighted by Gasteiger charge is 2.29. The molecule has 0 saturated heterocycles. The van der Waals surface area contributed by atoms with Crippen LogP contribution >= 0.6 is 0 Å². The van der Waals surface area contributed by atoms with Crippen LogP contribution < -0.4 is 9.75 Å². The fourth-order valence-corrected chi connectivity index (χ4v) is 1.77. The van der Waals surface area contributed by atoms with E-state index in [2.05, 4.69) is 14.8 Å². The molecule has 144 valence electrons. The molecule has 26 heavy (non-hydrogen) atoms. The zero-order valence-corrected chi connectivity index (χ0v) is 13.8. The van der Waals surface area contributed by atoms with Crippen molar-refractivity contribution in [3.63, 3.8) is 0 Å². The van der Waals surface area contributed by atoms with Gasteiger partial charge in [-0.1, -0.05) is 0 Å². The average molecular weight is 380 g/mol. The summed E-state index contributed by atoms with van der Waals surface area (Å²) >= 11 is 0. The first-order chi connectivity index (χ1) is 12.2. The maximum absolute atomic E-state index is 14.1. The predicted molar refractivity (Wildman–Crippen MR) is 82.5 cm³/mol. The number of ether oxygens (including phenoxy) is 1. The predicted octanol–water partition coefficient (Wildman–Crippen LogP) is 1.19. The number of hydrogen-bond donors (Lipinski definition) is 1. The van der Waals surface area contributed by atoms with E-state index < -0.39 is 42.5 Å². The first-order valence-electron chi connectivity index (χ1n) is 7.16. The van der Waals surface area contributed by atoms with Gasteiger partial charge in [-0.25, -0.2) is 9.40 Å². The van der Waals surface area contributed by atoms with Crippen molar-refractivity contribution < 1.29 is 37.0 Å². The van der Waals surface area contributed by atoms with Crippen LogP contribution in [0, 0.1) is 5.82 Å². The number of carbonyl (C=O) groups excluding carboxylic acids is 2. The van der Waals surface area contributed by atoms with E-state index in [0.717, 1.165) is 9.91 Å². The van der Waals surface area contributed by atoms with E-state index in [-0.39, 0.29) is 18.7 Å². The zero-order valence-electron chi connectivity index (χ0n) is 13.8. The highest BCUT2D eigenvalue weighted by Crippen LogP contribution is 2.25. The molecule has 0 bridgehead atoms. The molecule has 1 amide bonds. The van der Waals surface area contributed by atoms with Gasteiger partial charge in [0.1, 0.15) is 6.61 Å². The number of hydrazone groups is 1. The Balaban J connectivity index is 3.25. The third kappa shape index (κ3) is 5.65. The second kappa shape index (κ2) is 9.08. The number of nitrogens with zero attached hydrogens (tertiary/aromatic N) is 4. The number of alkyl halides is 3. The standard InChI is InChI=1S/C14H16F4N4O4/c1-3-22(8-25)11(6-24)20-21(2)12-10(15)4-9(5-23)13(19-12)26-7-14(16,17)18/h4-5,8,24H,3,6-7H2,1-2H3/b20-11-. The Labute approximate surface area is 145 Å². The van der Waals surface area contributed by atoms with E-state index in [1.165, 1.54) is 7.05 Å². The molecule has 0 aliphatic heterocycles. The molecule has 0 saturated carbocycles. The Morgan fingerprint density at radius 1 is 1.42 bits per heavy atom. The van der Waals surface area contributed by atoms with Crippen molar-refractivity contribution in [1.82, 2.24) is 9.88 Å². The molecule has 0 atom stereocenters. The van der Waals surface area contributed by atoms with Crippen LogP contribution in [0.1, 0.15) is 17.3 Å². The minimum absolute atomic E-state index is 0.0964. The monoisotopic (exact) mass is 380 g/mol. The lowest BCUT2D eigenvalue weighted by Crippen LogP contribution is -2.34. The van der Waals surface area contributed by atoms with E-state index in [9.17, 15) is 32.3 Å². The van der Waals surface area contributed by atoms with Crippen molar-refractivity contribution in [3.05, 3.63) is 17.4 Å². The van der Waals surface area contributed by atoms with Crippen molar-refractivity contribution in [3.8, 4) is 5.88 Å². The van der Waals surface area contributed by atoms with E-state index in [1.54, 1.807) is 6.92 Å². The molecule has 1 heterocycles. The van der Waals surface area contributed by atoms with Gasteiger partial charge >= 0.3 is 6.18 Å². The van der Waals surface area contributed by atoms with Crippen LogP contribution in [0.15, 0.2) is 11.2 Å². The van der Waals surface area contributed by atoms with E-state index in [0.29, 0.717) is 12.5 Å². The highest BCUT2D eigenvalue weighted by molar-refractivity contribution is 5.92. The molecule has 8 nitrogen and oxygen atoms in total. The van der Waals surface area contributed by atoms with Gasteiger partial charge < -0.3 is 9.84 Å². The van der Waals surface area contributed by atoms with Crippen LogP contribution in [0.3, 0.4) is 0 Å². The van der Waals surface area contributed by atoms with E-state index >= 15 is 0 Å². The van der Waals surface area contributed by atoms with Crippen molar-refractivity contribution in [2.24, 2.45) is 5.10 Å². The molecule has 0 unspecified atom stereocenters. The molecule has 0 radical (unpaired) electrons. The third-order valence-electron chi connectivity index (χ3n) is 2.96. The quantitative estimate of drug-likeness (QED) is 0.239. The summed E-state index contributed by atoms with van der Waals surface area (Å²) in [6.07, 6.45) is -4.20. The maximum Gasteiger partial charge on any atom is 0.422 e. The number of aromatic nitrogens is 1. The second-order valence-electron chi connectivity index (χ2n) is 4.80. The molecule has 1 N–H and O–H groups in total. The Morgan fingerprint density at radius 3 is 2.54 bits per heavy atom. The van der Waals surface area contributed by atoms with Gasteiger partial charge in [-0.15, -0.1) is 0 Å². The average Bonchev–Trinajstić information content (AvgIpc) is 2.59. The lowest BCUT2D eigenvalue weighted by Gasteiger charge is -2.20. The molecular weight excluding hydrogens is 364 g/mol. The molecule has 0 spiro atoms. The van der Waals surface area contributed by atoms with Gasteiger partial charge in [-0.3, -0.25) is 14.5 Å². The third-order valence-corrected chi connectivity index (χ3v) is 2.96. The summed E-state index contributed by atoms with van der Waals surface area (Å²) in [4.78, 5) is 26.4. The summed E-state index contributed by atoms with van der Waals surface area (Å²) in [5.41, 5.74) is -0.515. The van der Waals surface area contributed by atoms with Crippen LogP contribution in [0.4, 0.5) is 23.4 Å². The largest absolute Gasteiger partial charge is 0.467 e. The van der Waals surface area contributed by atoms with Gasteiger partial charge in [0.05, 0.1) is 5.56 Å². The Kier molecular flexibility index (Phi) is 7.43.